The number of carbonyl (C=O) groups is 2. The number of ketones is 1. The van der Waals surface area contributed by atoms with Crippen molar-refractivity contribution in [3.05, 3.63) is 83.4 Å². The summed E-state index contributed by atoms with van der Waals surface area (Å²) >= 11 is 0. The van der Waals surface area contributed by atoms with Gasteiger partial charge in [-0.15, -0.1) is 0 Å². The summed E-state index contributed by atoms with van der Waals surface area (Å²) in [4.78, 5) is 24.4. The monoisotopic (exact) mass is 429 g/mol. The lowest BCUT2D eigenvalue weighted by Gasteiger charge is -2.10. The summed E-state index contributed by atoms with van der Waals surface area (Å²) in [6.07, 6.45) is 3.87. The average Bonchev–Trinajstić information content (AvgIpc) is 3.25. The van der Waals surface area contributed by atoms with Crippen LogP contribution in [-0.2, 0) is 0 Å². The van der Waals surface area contributed by atoms with Gasteiger partial charge in [-0.05, 0) is 42.8 Å². The zero-order valence-corrected chi connectivity index (χ0v) is 17.6. The highest BCUT2D eigenvalue weighted by Crippen LogP contribution is 2.37. The van der Waals surface area contributed by atoms with Crippen LogP contribution in [0.1, 0.15) is 33.2 Å². The number of nitrogens with one attached hydrogen (secondary N) is 2. The molecule has 0 aliphatic carbocycles. The Balaban J connectivity index is 1.36. The first-order valence-electron chi connectivity index (χ1n) is 10.1. The molecule has 3 aromatic rings. The maximum Gasteiger partial charge on any atom is 0.255 e. The molecule has 7 nitrogen and oxygen atoms in total. The Morgan fingerprint density at radius 3 is 2.44 bits per heavy atom. The van der Waals surface area contributed by atoms with E-state index in [0.29, 0.717) is 46.2 Å². The highest BCUT2D eigenvalue weighted by molar-refractivity contribution is 6.05. The van der Waals surface area contributed by atoms with Gasteiger partial charge in [-0.3, -0.25) is 9.59 Å². The molecule has 3 aromatic carbocycles. The molecule has 0 aromatic heterocycles. The van der Waals surface area contributed by atoms with Gasteiger partial charge in [0.1, 0.15) is 0 Å². The highest BCUT2D eigenvalue weighted by Gasteiger charge is 2.18. The van der Waals surface area contributed by atoms with Crippen molar-refractivity contribution < 1.29 is 19.1 Å². The third-order valence-electron chi connectivity index (χ3n) is 4.99. The molecule has 0 unspecified atom stereocenters. The van der Waals surface area contributed by atoms with Gasteiger partial charge in [0.05, 0.1) is 11.4 Å². The highest BCUT2D eigenvalue weighted by atomic mass is 16.7. The van der Waals surface area contributed by atoms with Crippen LogP contribution < -0.4 is 25.8 Å². The zero-order valence-electron chi connectivity index (χ0n) is 17.6. The molecule has 1 amide bonds. The second-order valence-electron chi connectivity index (χ2n) is 7.25. The van der Waals surface area contributed by atoms with Crippen molar-refractivity contribution in [2.45, 2.75) is 6.92 Å². The normalized spacial score (nSPS) is 12.0. The summed E-state index contributed by atoms with van der Waals surface area (Å²) in [5.41, 5.74) is 9.70. The van der Waals surface area contributed by atoms with Gasteiger partial charge in [-0.1, -0.05) is 36.4 Å². The van der Waals surface area contributed by atoms with E-state index in [1.165, 1.54) is 6.92 Å². The molecule has 0 fully saturated rings. The number of Topliss-reactive ketones (excluding diaryl/α,β-unsaturated/α-hetero) is 1. The number of anilines is 3. The Morgan fingerprint density at radius 1 is 1.00 bits per heavy atom. The number of fused-ring (bicyclic) bond motifs is 1. The minimum Gasteiger partial charge on any atom is -0.454 e. The fraction of sp³-hybridized carbons (Fsp3) is 0.120. The van der Waals surface area contributed by atoms with Gasteiger partial charge in [0.25, 0.3) is 5.91 Å². The van der Waals surface area contributed by atoms with E-state index in [1.54, 1.807) is 36.4 Å². The number of hydrogen-bond donors (Lipinski definition) is 3. The third kappa shape index (κ3) is 4.73. The Hall–Kier alpha value is -4.26. The molecule has 32 heavy (non-hydrogen) atoms. The van der Waals surface area contributed by atoms with Crippen LogP contribution in [0.5, 0.6) is 11.5 Å². The van der Waals surface area contributed by atoms with E-state index in [4.69, 9.17) is 15.2 Å². The summed E-state index contributed by atoms with van der Waals surface area (Å²) < 4.78 is 10.7. The van der Waals surface area contributed by atoms with E-state index in [-0.39, 0.29) is 18.5 Å². The maximum atomic E-state index is 12.4. The SMILES string of the molecule is CC(=O)c1cc2c(cc1NC/C=C/c1ccc(C(=O)Nc3ccccc3N)cc1)OCO2. The van der Waals surface area contributed by atoms with E-state index in [9.17, 15) is 9.59 Å². The van der Waals surface area contributed by atoms with E-state index in [0.717, 1.165) is 5.56 Å². The molecule has 7 heteroatoms. The van der Waals surface area contributed by atoms with Crippen molar-refractivity contribution in [1.82, 2.24) is 0 Å². The number of nitrogen functional groups attached to an aromatic ring is 1. The van der Waals surface area contributed by atoms with Crippen molar-refractivity contribution in [2.24, 2.45) is 0 Å². The van der Waals surface area contributed by atoms with E-state index in [1.807, 2.05) is 36.4 Å². The minimum atomic E-state index is -0.223. The topological polar surface area (TPSA) is 103 Å². The molecular weight excluding hydrogens is 406 g/mol. The van der Waals surface area contributed by atoms with Gasteiger partial charge in [0.2, 0.25) is 6.79 Å². The zero-order chi connectivity index (χ0) is 22.5. The number of amides is 1. The Morgan fingerprint density at radius 2 is 1.72 bits per heavy atom. The molecule has 1 heterocycles. The molecule has 0 radical (unpaired) electrons. The molecule has 162 valence electrons. The first kappa shape index (κ1) is 21.0. The van der Waals surface area contributed by atoms with E-state index >= 15 is 0 Å². The smallest absolute Gasteiger partial charge is 0.255 e. The van der Waals surface area contributed by atoms with Crippen LogP contribution in [0.15, 0.2) is 66.7 Å². The predicted octanol–water partition coefficient (Wildman–Crippen LogP) is 4.58. The first-order chi connectivity index (χ1) is 15.5. The number of hydrogen-bond acceptors (Lipinski definition) is 6. The van der Waals surface area contributed by atoms with E-state index < -0.39 is 0 Å². The summed E-state index contributed by atoms with van der Waals surface area (Å²) in [6, 6.07) is 17.8. The van der Waals surface area contributed by atoms with Crippen LogP contribution in [0.25, 0.3) is 6.08 Å². The van der Waals surface area contributed by atoms with Gasteiger partial charge in [0.15, 0.2) is 17.3 Å². The fourth-order valence-electron chi connectivity index (χ4n) is 3.29. The van der Waals surface area contributed by atoms with Crippen molar-refractivity contribution in [3.8, 4) is 11.5 Å². The Kier molecular flexibility index (Phi) is 6.07. The van der Waals surface area contributed by atoms with Gasteiger partial charge in [-0.25, -0.2) is 0 Å². The molecule has 1 aliphatic heterocycles. The summed E-state index contributed by atoms with van der Waals surface area (Å²) in [6.45, 7) is 2.18. The summed E-state index contributed by atoms with van der Waals surface area (Å²) in [5.74, 6) is 0.920. The van der Waals surface area contributed by atoms with E-state index in [2.05, 4.69) is 10.6 Å². The van der Waals surface area contributed by atoms with Crippen molar-refractivity contribution in [3.63, 3.8) is 0 Å². The largest absolute Gasteiger partial charge is 0.454 e. The van der Waals surface area contributed by atoms with Crippen molar-refractivity contribution in [2.75, 3.05) is 29.7 Å². The van der Waals surface area contributed by atoms with Gasteiger partial charge in [-0.2, -0.15) is 0 Å². The Bertz CT molecular complexity index is 1190. The number of nitrogens with two attached hydrogens (primary N) is 1. The number of rotatable bonds is 7. The number of benzene rings is 3. The minimum absolute atomic E-state index is 0.0547. The first-order valence-corrected chi connectivity index (χ1v) is 10.1. The molecule has 1 aliphatic rings. The molecule has 0 saturated heterocycles. The maximum absolute atomic E-state index is 12.4. The second-order valence-corrected chi connectivity index (χ2v) is 7.25. The standard InChI is InChI=1S/C25H23N3O4/c1-16(29)19-13-23-24(32-15-31-23)14-22(19)27-12-4-5-17-8-10-18(11-9-17)25(30)28-21-7-3-2-6-20(21)26/h2-11,13-14,27H,12,15,26H2,1H3,(H,28,30)/b5-4+. The number of carbonyl (C=O) groups excluding carboxylic acids is 2. The fourth-order valence-corrected chi connectivity index (χ4v) is 3.29. The number of ether oxygens (including phenoxy) is 2. The average molecular weight is 429 g/mol. The third-order valence-corrected chi connectivity index (χ3v) is 4.99. The van der Waals surface area contributed by atoms with Crippen LogP contribution in [0.2, 0.25) is 0 Å². The molecule has 4 N–H and O–H groups in total. The quantitative estimate of drug-likeness (QED) is 0.375. The summed E-state index contributed by atoms with van der Waals surface area (Å²) in [5, 5.41) is 6.05. The van der Waals surface area contributed by atoms with Crippen LogP contribution >= 0.6 is 0 Å². The molecular formula is C25H23N3O4. The lowest BCUT2D eigenvalue weighted by Crippen LogP contribution is -2.12. The molecule has 0 bridgehead atoms. The van der Waals surface area contributed by atoms with Gasteiger partial charge in [0, 0.05) is 29.4 Å². The number of para-hydroxylation sites is 2. The van der Waals surface area contributed by atoms with Crippen LogP contribution in [0.4, 0.5) is 17.1 Å². The second kappa shape index (κ2) is 9.26. The lowest BCUT2D eigenvalue weighted by molar-refractivity contribution is 0.101. The predicted molar refractivity (Wildman–Crippen MR) is 125 cm³/mol. The van der Waals surface area contributed by atoms with Gasteiger partial charge >= 0.3 is 0 Å². The summed E-state index contributed by atoms with van der Waals surface area (Å²) in [7, 11) is 0. The van der Waals surface area contributed by atoms with Crippen LogP contribution in [0, 0.1) is 0 Å². The molecule has 0 spiro atoms. The Labute approximate surface area is 185 Å². The van der Waals surface area contributed by atoms with Crippen LogP contribution in [-0.4, -0.2) is 25.0 Å². The molecule has 0 saturated carbocycles. The lowest BCUT2D eigenvalue weighted by atomic mass is 10.1. The molecule has 4 rings (SSSR count). The van der Waals surface area contributed by atoms with Crippen molar-refractivity contribution in [1.29, 1.82) is 0 Å². The van der Waals surface area contributed by atoms with Crippen molar-refractivity contribution >= 4 is 34.8 Å². The van der Waals surface area contributed by atoms with Crippen LogP contribution in [0.3, 0.4) is 0 Å². The molecule has 0 atom stereocenters. The van der Waals surface area contributed by atoms with Gasteiger partial charge < -0.3 is 25.8 Å².